The fraction of sp³-hybridized carbons (Fsp3) is 0.417. The predicted molar refractivity (Wildman–Crippen MR) is 52.5 cm³/mol. The molecule has 0 aliphatic heterocycles. The molecule has 1 aromatic rings. The molecule has 16 heavy (non-hydrogen) atoms. The molecule has 1 aromatic carbocycles. The Morgan fingerprint density at radius 2 is 1.75 bits per heavy atom. The second-order valence-electron chi connectivity index (χ2n) is 4.25. The van der Waals surface area contributed by atoms with E-state index in [1.807, 2.05) is 6.29 Å². The maximum absolute atomic E-state index is 12.3. The Hall–Kier alpha value is -1.32. The average Bonchev–Trinajstić information content (AvgIpc) is 2.98. The van der Waals surface area contributed by atoms with Crippen LogP contribution < -0.4 is 0 Å². The van der Waals surface area contributed by atoms with Gasteiger partial charge in [-0.15, -0.1) is 0 Å². The Morgan fingerprint density at radius 3 is 2.12 bits per heavy atom. The number of hydrogen-bond donors (Lipinski definition) is 0. The highest BCUT2D eigenvalue weighted by atomic mass is 19.4. The van der Waals surface area contributed by atoms with Crippen LogP contribution in [0.3, 0.4) is 0 Å². The zero-order valence-corrected chi connectivity index (χ0v) is 8.47. The second-order valence-corrected chi connectivity index (χ2v) is 4.25. The fourth-order valence-corrected chi connectivity index (χ4v) is 1.67. The topological polar surface area (TPSA) is 17.1 Å². The standard InChI is InChI=1S/C12H10F3O/c13-12(14,15)10-3-1-9(2-4-10)7-11(8-16)5-6-11/h1-4H,5-7H2. The third-order valence-corrected chi connectivity index (χ3v) is 2.89. The van der Waals surface area contributed by atoms with Crippen LogP contribution in [0, 0.1) is 5.41 Å². The molecule has 85 valence electrons. The fourth-order valence-electron chi connectivity index (χ4n) is 1.67. The van der Waals surface area contributed by atoms with Crippen molar-refractivity contribution in [2.75, 3.05) is 0 Å². The Morgan fingerprint density at radius 1 is 1.19 bits per heavy atom. The van der Waals surface area contributed by atoms with Crippen molar-refractivity contribution >= 4 is 6.29 Å². The largest absolute Gasteiger partial charge is 0.416 e. The van der Waals surface area contributed by atoms with Gasteiger partial charge in [-0.25, -0.2) is 0 Å². The molecule has 0 unspecified atom stereocenters. The molecule has 1 radical (unpaired) electrons. The van der Waals surface area contributed by atoms with Crippen LogP contribution in [0.4, 0.5) is 13.2 Å². The van der Waals surface area contributed by atoms with Gasteiger partial charge in [-0.3, -0.25) is 4.79 Å². The Kier molecular flexibility index (Phi) is 2.52. The van der Waals surface area contributed by atoms with Crippen molar-refractivity contribution in [3.05, 3.63) is 35.4 Å². The van der Waals surface area contributed by atoms with Gasteiger partial charge in [-0.05, 0) is 37.0 Å². The van der Waals surface area contributed by atoms with Crippen LogP contribution in [0.1, 0.15) is 24.0 Å². The number of halogens is 3. The summed E-state index contributed by atoms with van der Waals surface area (Å²) in [4.78, 5) is 10.6. The molecule has 0 saturated heterocycles. The molecule has 0 amide bonds. The van der Waals surface area contributed by atoms with Crippen molar-refractivity contribution in [3.8, 4) is 0 Å². The summed E-state index contributed by atoms with van der Waals surface area (Å²) in [7, 11) is 0. The van der Waals surface area contributed by atoms with E-state index in [0.717, 1.165) is 30.5 Å². The van der Waals surface area contributed by atoms with E-state index in [-0.39, 0.29) is 0 Å². The monoisotopic (exact) mass is 227 g/mol. The van der Waals surface area contributed by atoms with E-state index < -0.39 is 17.2 Å². The third-order valence-electron chi connectivity index (χ3n) is 2.89. The van der Waals surface area contributed by atoms with Gasteiger partial charge in [0.15, 0.2) is 0 Å². The van der Waals surface area contributed by atoms with E-state index >= 15 is 0 Å². The van der Waals surface area contributed by atoms with Crippen LogP contribution in [-0.4, -0.2) is 6.29 Å². The van der Waals surface area contributed by atoms with Gasteiger partial charge < -0.3 is 0 Å². The SMILES string of the molecule is O=[C]C1(Cc2ccc(C(F)(F)F)cc2)CC1. The molecule has 0 spiro atoms. The number of hydrogen-bond acceptors (Lipinski definition) is 1. The van der Waals surface area contributed by atoms with Crippen LogP contribution in [-0.2, 0) is 17.4 Å². The molecule has 1 nitrogen and oxygen atoms in total. The first-order valence-electron chi connectivity index (χ1n) is 5.01. The Balaban J connectivity index is 2.11. The molecule has 1 saturated carbocycles. The lowest BCUT2D eigenvalue weighted by molar-refractivity contribution is -0.137. The molecule has 1 aliphatic carbocycles. The maximum atomic E-state index is 12.3. The van der Waals surface area contributed by atoms with E-state index in [9.17, 15) is 18.0 Å². The maximum Gasteiger partial charge on any atom is 0.416 e. The molecule has 0 aromatic heterocycles. The van der Waals surface area contributed by atoms with Crippen LogP contribution in [0.5, 0.6) is 0 Å². The van der Waals surface area contributed by atoms with Gasteiger partial charge in [0.25, 0.3) is 0 Å². The highest BCUT2D eigenvalue weighted by Gasteiger charge is 2.43. The Bertz CT molecular complexity index is 388. The summed E-state index contributed by atoms with van der Waals surface area (Å²) in [6.45, 7) is 0. The molecule has 4 heteroatoms. The lowest BCUT2D eigenvalue weighted by Crippen LogP contribution is -2.08. The average molecular weight is 227 g/mol. The van der Waals surface area contributed by atoms with Crippen LogP contribution in [0.25, 0.3) is 0 Å². The van der Waals surface area contributed by atoms with Gasteiger partial charge in [0.2, 0.25) is 6.29 Å². The normalized spacial score (nSPS) is 18.2. The minimum absolute atomic E-state index is 0.417. The van der Waals surface area contributed by atoms with Gasteiger partial charge in [0.05, 0.1) is 5.56 Å². The molecule has 1 fully saturated rings. The lowest BCUT2D eigenvalue weighted by Gasteiger charge is -2.09. The van der Waals surface area contributed by atoms with E-state index in [1.165, 1.54) is 12.1 Å². The molecular weight excluding hydrogens is 217 g/mol. The molecule has 0 N–H and O–H groups in total. The summed E-state index contributed by atoms with van der Waals surface area (Å²) in [6, 6.07) is 4.97. The molecule has 2 rings (SSSR count). The van der Waals surface area contributed by atoms with E-state index in [2.05, 4.69) is 0 Å². The van der Waals surface area contributed by atoms with Gasteiger partial charge >= 0.3 is 6.18 Å². The highest BCUT2D eigenvalue weighted by Crippen LogP contribution is 2.46. The van der Waals surface area contributed by atoms with Crippen molar-refractivity contribution in [2.45, 2.75) is 25.4 Å². The van der Waals surface area contributed by atoms with Gasteiger partial charge in [0.1, 0.15) is 0 Å². The lowest BCUT2D eigenvalue weighted by atomic mass is 9.97. The Labute approximate surface area is 91.3 Å². The van der Waals surface area contributed by atoms with Gasteiger partial charge in [0, 0.05) is 5.41 Å². The first kappa shape index (κ1) is 11.2. The predicted octanol–water partition coefficient (Wildman–Crippen LogP) is 3.14. The van der Waals surface area contributed by atoms with Crippen molar-refractivity contribution in [3.63, 3.8) is 0 Å². The van der Waals surface area contributed by atoms with E-state index in [1.54, 1.807) is 0 Å². The zero-order chi connectivity index (χ0) is 11.8. The molecular formula is C12H10F3O. The summed E-state index contributed by atoms with van der Waals surface area (Å²) in [5.74, 6) is 0. The number of carbonyl (C=O) groups excluding carboxylic acids is 1. The zero-order valence-electron chi connectivity index (χ0n) is 8.47. The van der Waals surface area contributed by atoms with E-state index in [4.69, 9.17) is 0 Å². The summed E-state index contributed by atoms with van der Waals surface area (Å²) in [5, 5.41) is 0. The first-order valence-corrected chi connectivity index (χ1v) is 5.01. The van der Waals surface area contributed by atoms with Gasteiger partial charge in [-0.2, -0.15) is 13.2 Å². The van der Waals surface area contributed by atoms with Crippen LogP contribution in [0.2, 0.25) is 0 Å². The van der Waals surface area contributed by atoms with E-state index in [0.29, 0.717) is 6.42 Å². The summed E-state index contributed by atoms with van der Waals surface area (Å²) >= 11 is 0. The van der Waals surface area contributed by atoms with Crippen molar-refractivity contribution < 1.29 is 18.0 Å². The van der Waals surface area contributed by atoms with Crippen LogP contribution in [0.15, 0.2) is 24.3 Å². The van der Waals surface area contributed by atoms with Gasteiger partial charge in [-0.1, -0.05) is 12.1 Å². The van der Waals surface area contributed by atoms with Crippen molar-refractivity contribution in [1.29, 1.82) is 0 Å². The first-order chi connectivity index (χ1) is 7.45. The number of rotatable bonds is 3. The summed E-state index contributed by atoms with van der Waals surface area (Å²) < 4.78 is 36.8. The quantitative estimate of drug-likeness (QED) is 0.775. The van der Waals surface area contributed by atoms with Crippen molar-refractivity contribution in [1.82, 2.24) is 0 Å². The number of alkyl halides is 3. The third kappa shape index (κ3) is 2.26. The smallest absolute Gasteiger partial charge is 0.290 e. The highest BCUT2D eigenvalue weighted by molar-refractivity contribution is 5.65. The molecule has 0 bridgehead atoms. The minimum Gasteiger partial charge on any atom is -0.290 e. The van der Waals surface area contributed by atoms with Crippen molar-refractivity contribution in [2.24, 2.45) is 5.41 Å². The summed E-state index contributed by atoms with van der Waals surface area (Å²) in [5.41, 5.74) is -0.315. The summed E-state index contributed by atoms with van der Waals surface area (Å²) in [6.07, 6.45) is -0.252. The molecule has 0 atom stereocenters. The molecule has 1 aliphatic rings. The van der Waals surface area contributed by atoms with Crippen LogP contribution >= 0.6 is 0 Å². The second kappa shape index (κ2) is 3.61. The number of benzene rings is 1. The minimum atomic E-state index is -4.30. The molecule has 0 heterocycles.